The highest BCUT2D eigenvalue weighted by Crippen LogP contribution is 2.40. The van der Waals surface area contributed by atoms with Gasteiger partial charge in [-0.1, -0.05) is 27.7 Å². The van der Waals surface area contributed by atoms with Gasteiger partial charge in [-0.2, -0.15) is 0 Å². The third kappa shape index (κ3) is 7.93. The molecule has 0 radical (unpaired) electrons. The van der Waals surface area contributed by atoms with E-state index in [1.54, 1.807) is 40.4 Å². The Hall–Kier alpha value is -6.39. The number of ether oxygens (including phenoxy) is 3. The monoisotopic (exact) mass is 795 g/mol. The van der Waals surface area contributed by atoms with Crippen molar-refractivity contribution in [1.29, 1.82) is 0 Å². The predicted octanol–water partition coefficient (Wildman–Crippen LogP) is 5.91. The Morgan fingerprint density at radius 1 is 0.741 bits per heavy atom. The molecule has 2 saturated heterocycles. The highest BCUT2D eigenvalue weighted by atomic mass is 16.5. The number of rotatable bonds is 10. The lowest BCUT2D eigenvalue weighted by Crippen LogP contribution is -2.51. The van der Waals surface area contributed by atoms with E-state index in [1.165, 1.54) is 14.2 Å². The molecule has 17 nitrogen and oxygen atoms in total. The van der Waals surface area contributed by atoms with E-state index < -0.39 is 24.3 Å². The van der Waals surface area contributed by atoms with E-state index in [1.807, 2.05) is 45.9 Å². The van der Waals surface area contributed by atoms with Crippen molar-refractivity contribution in [1.82, 2.24) is 40.4 Å². The molecular formula is C41H49N9O8. The van der Waals surface area contributed by atoms with Crippen LogP contribution in [-0.2, 0) is 19.1 Å². The molecule has 4 atom stereocenters. The zero-order valence-electron chi connectivity index (χ0n) is 33.4. The Kier molecular flexibility index (Phi) is 11.4. The topological polar surface area (TPSA) is 213 Å². The van der Waals surface area contributed by atoms with E-state index in [9.17, 15) is 24.0 Å². The molecule has 17 heteroatoms. The van der Waals surface area contributed by atoms with Crippen LogP contribution in [0.1, 0.15) is 87.5 Å². The maximum atomic E-state index is 13.7. The number of imidazole rings is 2. The summed E-state index contributed by atoms with van der Waals surface area (Å²) in [7, 11) is 2.53. The van der Waals surface area contributed by atoms with Gasteiger partial charge >= 0.3 is 12.2 Å². The van der Waals surface area contributed by atoms with E-state index in [2.05, 4.69) is 35.9 Å². The Morgan fingerprint density at radius 2 is 1.22 bits per heavy atom. The summed E-state index contributed by atoms with van der Waals surface area (Å²) in [5.41, 5.74) is 3.62. The number of carbonyl (C=O) groups excluding carboxylic acids is 5. The number of fused-ring (bicyclic) bond motifs is 2. The summed E-state index contributed by atoms with van der Waals surface area (Å²) >= 11 is 0. The van der Waals surface area contributed by atoms with Gasteiger partial charge in [0.2, 0.25) is 11.8 Å². The van der Waals surface area contributed by atoms with Crippen molar-refractivity contribution in [2.45, 2.75) is 77.5 Å². The number of hydrogen-bond acceptors (Lipinski definition) is 10. The van der Waals surface area contributed by atoms with Crippen molar-refractivity contribution in [3.05, 3.63) is 66.0 Å². The van der Waals surface area contributed by atoms with Crippen molar-refractivity contribution >= 4 is 35.6 Å². The number of aromatic nitrogens is 4. The molecule has 0 saturated carbocycles. The number of nitrogens with zero attached hydrogens (tertiary/aromatic N) is 4. The molecule has 4 aromatic rings. The number of alkyl carbamates (subject to hydrolysis) is 2. The Labute approximate surface area is 335 Å². The van der Waals surface area contributed by atoms with Gasteiger partial charge in [-0.25, -0.2) is 19.6 Å². The molecular weight excluding hydrogens is 747 g/mol. The Morgan fingerprint density at radius 3 is 1.71 bits per heavy atom. The third-order valence-corrected chi connectivity index (χ3v) is 11.0. The number of amides is 5. The summed E-state index contributed by atoms with van der Waals surface area (Å²) in [6.45, 7) is 8.55. The van der Waals surface area contributed by atoms with Crippen LogP contribution in [0.5, 0.6) is 11.5 Å². The summed E-state index contributed by atoms with van der Waals surface area (Å²) in [6.07, 6.45) is 5.05. The lowest BCUT2D eigenvalue weighted by Gasteiger charge is -2.30. The number of anilines is 1. The van der Waals surface area contributed by atoms with Gasteiger partial charge in [0, 0.05) is 24.2 Å². The smallest absolute Gasteiger partial charge is 0.407 e. The number of aromatic amines is 2. The average Bonchev–Trinajstić information content (AvgIpc) is 4.05. The van der Waals surface area contributed by atoms with Gasteiger partial charge in [-0.15, -0.1) is 0 Å². The van der Waals surface area contributed by atoms with Gasteiger partial charge in [-0.3, -0.25) is 14.4 Å². The van der Waals surface area contributed by atoms with E-state index in [0.29, 0.717) is 77.3 Å². The number of carbonyl (C=O) groups is 5. The largest absolute Gasteiger partial charge is 0.454 e. The first kappa shape index (κ1) is 39.8. The number of likely N-dealkylation sites (tertiary alicyclic amines) is 2. The van der Waals surface area contributed by atoms with Crippen LogP contribution in [0, 0.1) is 11.8 Å². The van der Waals surface area contributed by atoms with Gasteiger partial charge in [-0.05, 0) is 73.9 Å². The Bertz CT molecular complexity index is 2210. The molecule has 5 amide bonds. The number of methoxy groups -OCH3 is 2. The molecule has 2 aromatic carbocycles. The van der Waals surface area contributed by atoms with Crippen molar-refractivity contribution < 1.29 is 38.2 Å². The van der Waals surface area contributed by atoms with Gasteiger partial charge in [0.15, 0.2) is 5.75 Å². The minimum atomic E-state index is -0.746. The summed E-state index contributed by atoms with van der Waals surface area (Å²) in [6, 6.07) is 8.69. The van der Waals surface area contributed by atoms with Gasteiger partial charge < -0.3 is 49.9 Å². The van der Waals surface area contributed by atoms with E-state index in [-0.39, 0.29) is 41.6 Å². The maximum Gasteiger partial charge on any atom is 0.407 e. The molecule has 2 fully saturated rings. The van der Waals surface area contributed by atoms with Crippen LogP contribution in [0.25, 0.3) is 22.5 Å². The zero-order chi connectivity index (χ0) is 41.2. The first-order chi connectivity index (χ1) is 27.9. The highest BCUT2D eigenvalue weighted by Gasteiger charge is 2.39. The van der Waals surface area contributed by atoms with Crippen LogP contribution < -0.4 is 20.7 Å². The molecule has 5 N–H and O–H groups in total. The quantitative estimate of drug-likeness (QED) is 0.128. The maximum absolute atomic E-state index is 13.7. The van der Waals surface area contributed by atoms with Crippen LogP contribution in [0.15, 0.2) is 48.8 Å². The second kappa shape index (κ2) is 16.6. The fourth-order valence-corrected chi connectivity index (χ4v) is 7.85. The summed E-state index contributed by atoms with van der Waals surface area (Å²) in [5, 5.41) is 8.33. The number of nitrogens with one attached hydrogen (secondary N) is 5. The summed E-state index contributed by atoms with van der Waals surface area (Å²) < 4.78 is 15.8. The van der Waals surface area contributed by atoms with E-state index >= 15 is 0 Å². The van der Waals surface area contributed by atoms with Crippen LogP contribution in [-0.4, -0.2) is 99.0 Å². The zero-order valence-corrected chi connectivity index (χ0v) is 33.4. The minimum absolute atomic E-state index is 0.150. The molecule has 58 heavy (non-hydrogen) atoms. The van der Waals surface area contributed by atoms with Crippen LogP contribution in [0.4, 0.5) is 15.3 Å². The average molecular weight is 796 g/mol. The molecule has 3 aliphatic heterocycles. The Balaban J connectivity index is 1.06. The van der Waals surface area contributed by atoms with Crippen LogP contribution >= 0.6 is 0 Å². The molecule has 0 bridgehead atoms. The normalized spacial score (nSPS) is 18.4. The van der Waals surface area contributed by atoms with Crippen LogP contribution in [0.3, 0.4) is 0 Å². The highest BCUT2D eigenvalue weighted by molar-refractivity contribution is 6.09. The molecule has 4 unspecified atom stereocenters. The van der Waals surface area contributed by atoms with Crippen LogP contribution in [0.2, 0.25) is 0 Å². The number of hydrogen-bond donors (Lipinski definition) is 5. The second-order valence-corrected chi connectivity index (χ2v) is 15.4. The van der Waals surface area contributed by atoms with Crippen molar-refractivity contribution in [2.75, 3.05) is 32.6 Å². The fraction of sp³-hybridized carbons (Fsp3) is 0.439. The van der Waals surface area contributed by atoms with Gasteiger partial charge in [0.05, 0.1) is 61.3 Å². The molecule has 7 rings (SSSR count). The fourth-order valence-electron chi connectivity index (χ4n) is 7.85. The van der Waals surface area contributed by atoms with E-state index in [0.717, 1.165) is 18.4 Å². The third-order valence-electron chi connectivity index (χ3n) is 11.0. The van der Waals surface area contributed by atoms with Gasteiger partial charge in [0.1, 0.15) is 29.5 Å². The SMILES string of the molecule is COC(=O)NC(C(=O)N1CCCC1c1ncc(-c2ccc3c(c2)NC(=O)c2cc(-c4cnc(C5CCCN5C(=O)C(NC(=O)OC)C(C)C)[nH]4)ccc2O3)[nH]1)C(C)C. The molecule has 5 heterocycles. The predicted molar refractivity (Wildman–Crippen MR) is 212 cm³/mol. The lowest BCUT2D eigenvalue weighted by molar-refractivity contribution is -0.136. The molecule has 2 aromatic heterocycles. The van der Waals surface area contributed by atoms with Crippen molar-refractivity contribution in [3.63, 3.8) is 0 Å². The molecule has 3 aliphatic rings. The molecule has 0 aliphatic carbocycles. The second-order valence-electron chi connectivity index (χ2n) is 15.4. The number of benzene rings is 2. The summed E-state index contributed by atoms with van der Waals surface area (Å²) in [4.78, 5) is 84.4. The van der Waals surface area contributed by atoms with Crippen molar-refractivity contribution in [3.8, 4) is 34.0 Å². The lowest BCUT2D eigenvalue weighted by atomic mass is 10.0. The number of H-pyrrole nitrogens is 2. The van der Waals surface area contributed by atoms with Crippen molar-refractivity contribution in [2.24, 2.45) is 11.8 Å². The molecule has 306 valence electrons. The van der Waals surface area contributed by atoms with Gasteiger partial charge in [0.25, 0.3) is 5.91 Å². The molecule has 0 spiro atoms. The minimum Gasteiger partial charge on any atom is -0.454 e. The standard InChI is InChI=1S/C41H49N9O8/c1-21(2)33(47-40(54)56-5)38(52)49-15-7-9-29(49)35-42-19-27(44-35)23-11-13-31-25(17-23)37(51)46-26-18-24(12-14-32(26)58-31)28-20-43-36(45-28)30-10-8-16-50(30)39(53)34(22(3)4)48-41(55)57-6/h11-14,17-22,29-30,33-34H,7-10,15-16H2,1-6H3,(H,42,44)(H,43,45)(H,46,51)(H,47,54)(H,48,55). The first-order valence-corrected chi connectivity index (χ1v) is 19.5. The first-order valence-electron chi connectivity index (χ1n) is 19.5. The summed E-state index contributed by atoms with van der Waals surface area (Å²) in [5.74, 6) is 1.03. The van der Waals surface area contributed by atoms with E-state index in [4.69, 9.17) is 14.2 Å².